The number of benzene rings is 1. The smallest absolute Gasteiger partial charge is 0.270 e. The van der Waals surface area contributed by atoms with Gasteiger partial charge in [0.1, 0.15) is 24.1 Å². The Morgan fingerprint density at radius 1 is 1.14 bits per heavy atom. The molecule has 196 valence electrons. The number of ether oxygens (including phenoxy) is 2. The van der Waals surface area contributed by atoms with Crippen molar-refractivity contribution < 1.29 is 19.1 Å². The number of hydrogen-bond acceptors (Lipinski definition) is 6. The van der Waals surface area contributed by atoms with Crippen LogP contribution in [0.2, 0.25) is 5.02 Å². The number of allylic oxidation sites excluding steroid dienone is 1. The summed E-state index contributed by atoms with van der Waals surface area (Å²) < 4.78 is 11.9. The number of aryl methyl sites for hydroxylation is 1. The van der Waals surface area contributed by atoms with E-state index in [0.717, 1.165) is 48.3 Å². The first-order chi connectivity index (χ1) is 17.2. The van der Waals surface area contributed by atoms with Crippen LogP contribution in [-0.2, 0) is 14.3 Å². The molecule has 2 saturated heterocycles. The third-order valence-electron chi connectivity index (χ3n) is 7.08. The summed E-state index contributed by atoms with van der Waals surface area (Å²) >= 11 is 6.03. The lowest BCUT2D eigenvalue weighted by Crippen LogP contribution is -2.49. The number of aliphatic imine (C=N–C) groups is 1. The van der Waals surface area contributed by atoms with Crippen molar-refractivity contribution in [1.82, 2.24) is 9.80 Å². The summed E-state index contributed by atoms with van der Waals surface area (Å²) in [5.74, 6) is 0.672. The minimum atomic E-state index is -0.161. The summed E-state index contributed by atoms with van der Waals surface area (Å²) in [5, 5.41) is 0.693. The maximum Gasteiger partial charge on any atom is 0.270 e. The van der Waals surface area contributed by atoms with Crippen LogP contribution in [0.15, 0.2) is 34.5 Å². The van der Waals surface area contributed by atoms with Crippen LogP contribution in [0.3, 0.4) is 0 Å². The third-order valence-corrected chi connectivity index (χ3v) is 7.32. The number of nitrogens with zero attached hydrogens (tertiary/aromatic N) is 3. The van der Waals surface area contributed by atoms with E-state index < -0.39 is 0 Å². The van der Waals surface area contributed by atoms with Gasteiger partial charge in [-0.1, -0.05) is 11.6 Å². The van der Waals surface area contributed by atoms with Gasteiger partial charge < -0.3 is 25.0 Å². The fourth-order valence-electron chi connectivity index (χ4n) is 5.25. The largest absolute Gasteiger partial charge is 0.490 e. The highest BCUT2D eigenvalue weighted by Crippen LogP contribution is 2.27. The average Bonchev–Trinajstić information content (AvgIpc) is 3.32. The van der Waals surface area contributed by atoms with Gasteiger partial charge in [-0.3, -0.25) is 14.6 Å². The second-order valence-corrected chi connectivity index (χ2v) is 10.5. The van der Waals surface area contributed by atoms with Gasteiger partial charge in [-0.2, -0.15) is 0 Å². The molecule has 2 heterocycles. The number of halogens is 1. The number of likely N-dealkylation sites (tertiary alicyclic amines) is 1. The van der Waals surface area contributed by atoms with E-state index in [1.165, 1.54) is 0 Å². The van der Waals surface area contributed by atoms with Gasteiger partial charge >= 0.3 is 0 Å². The van der Waals surface area contributed by atoms with Crippen LogP contribution in [-0.4, -0.2) is 78.4 Å². The molecule has 0 unspecified atom stereocenters. The Morgan fingerprint density at radius 3 is 2.50 bits per heavy atom. The molecule has 0 radical (unpaired) electrons. The van der Waals surface area contributed by atoms with E-state index in [2.05, 4.69) is 4.99 Å². The van der Waals surface area contributed by atoms with E-state index in [0.29, 0.717) is 37.6 Å². The highest BCUT2D eigenvalue weighted by molar-refractivity contribution is 6.30. The molecule has 0 aromatic heterocycles. The summed E-state index contributed by atoms with van der Waals surface area (Å²) in [6, 6.07) is 5.62. The predicted molar refractivity (Wildman–Crippen MR) is 140 cm³/mol. The molecule has 0 spiro atoms. The molecule has 36 heavy (non-hydrogen) atoms. The second kappa shape index (κ2) is 11.6. The van der Waals surface area contributed by atoms with Gasteiger partial charge in [-0.05, 0) is 63.8 Å². The zero-order chi connectivity index (χ0) is 25.8. The van der Waals surface area contributed by atoms with Crippen molar-refractivity contribution in [2.24, 2.45) is 10.7 Å². The highest BCUT2D eigenvalue weighted by atomic mass is 35.5. The second-order valence-electron chi connectivity index (χ2n) is 10.1. The van der Waals surface area contributed by atoms with Gasteiger partial charge in [-0.25, -0.2) is 0 Å². The molecule has 1 aromatic rings. The SMILES string of the molecule is Cc1cc(Cl)ccc1OC1CCN(C(=O)CN=C2CCCC2=C(N)C(=O)N2C[C@@H](C)O[C@@H](C)C2)CC1. The van der Waals surface area contributed by atoms with E-state index in [1.807, 2.05) is 43.9 Å². The number of rotatable bonds is 5. The number of morpholine rings is 1. The topological polar surface area (TPSA) is 97.5 Å². The van der Waals surface area contributed by atoms with Crippen LogP contribution < -0.4 is 10.5 Å². The van der Waals surface area contributed by atoms with Crippen LogP contribution in [0.1, 0.15) is 51.5 Å². The number of carbonyl (C=O) groups excluding carboxylic acids is 2. The molecule has 2 aliphatic heterocycles. The van der Waals surface area contributed by atoms with Crippen LogP contribution in [0.25, 0.3) is 0 Å². The molecule has 0 bridgehead atoms. The van der Waals surface area contributed by atoms with Gasteiger partial charge in [0, 0.05) is 55.3 Å². The van der Waals surface area contributed by atoms with E-state index in [9.17, 15) is 9.59 Å². The monoisotopic (exact) mass is 516 g/mol. The maximum absolute atomic E-state index is 13.0. The summed E-state index contributed by atoms with van der Waals surface area (Å²) in [6.45, 7) is 8.30. The predicted octanol–water partition coefficient (Wildman–Crippen LogP) is 3.49. The quantitative estimate of drug-likeness (QED) is 0.604. The molecule has 4 rings (SSSR count). The Bertz CT molecular complexity index is 1040. The van der Waals surface area contributed by atoms with E-state index in [-0.39, 0.29) is 42.4 Å². The minimum absolute atomic E-state index is 0.00407. The normalized spacial score (nSPS) is 25.8. The molecular formula is C27H37ClN4O4. The number of nitrogens with two attached hydrogens (primary N) is 1. The third kappa shape index (κ3) is 6.40. The van der Waals surface area contributed by atoms with E-state index in [4.69, 9.17) is 26.8 Å². The molecule has 2 atom stereocenters. The van der Waals surface area contributed by atoms with Crippen LogP contribution >= 0.6 is 11.6 Å². The van der Waals surface area contributed by atoms with Crippen molar-refractivity contribution in [3.8, 4) is 5.75 Å². The molecule has 1 aliphatic carbocycles. The van der Waals surface area contributed by atoms with E-state index in [1.54, 1.807) is 4.90 Å². The lowest BCUT2D eigenvalue weighted by atomic mass is 10.1. The number of amides is 2. The lowest BCUT2D eigenvalue weighted by molar-refractivity contribution is -0.139. The van der Waals surface area contributed by atoms with Gasteiger partial charge in [0.05, 0.1) is 12.2 Å². The fourth-order valence-corrected chi connectivity index (χ4v) is 5.47. The van der Waals surface area contributed by atoms with Crippen molar-refractivity contribution in [1.29, 1.82) is 0 Å². The molecule has 1 aromatic carbocycles. The number of hydrogen-bond donors (Lipinski definition) is 1. The number of piperidine rings is 1. The first-order valence-electron chi connectivity index (χ1n) is 12.9. The molecule has 3 aliphatic rings. The Morgan fingerprint density at radius 2 is 1.83 bits per heavy atom. The molecule has 2 N–H and O–H groups in total. The first kappa shape index (κ1) is 26.5. The standard InChI is InChI=1S/C27H37ClN4O4/c1-17-13-20(28)7-8-24(17)36-21-9-11-31(12-10-21)25(33)14-30-23-6-4-5-22(23)26(29)27(34)32-15-18(2)35-19(3)16-32/h7-8,13,18-19,21H,4-6,9-12,14-16,29H2,1-3H3/t18-,19+. The van der Waals surface area contributed by atoms with Crippen LogP contribution in [0.5, 0.6) is 5.75 Å². The Labute approximate surface area is 218 Å². The van der Waals surface area contributed by atoms with Crippen molar-refractivity contribution >= 4 is 29.1 Å². The van der Waals surface area contributed by atoms with Gasteiger partial charge in [-0.15, -0.1) is 0 Å². The fraction of sp³-hybridized carbons (Fsp3) is 0.593. The summed E-state index contributed by atoms with van der Waals surface area (Å²) in [7, 11) is 0. The maximum atomic E-state index is 13.0. The van der Waals surface area contributed by atoms with Crippen LogP contribution in [0.4, 0.5) is 0 Å². The van der Waals surface area contributed by atoms with Crippen molar-refractivity contribution in [3.05, 3.63) is 40.1 Å². The zero-order valence-corrected chi connectivity index (χ0v) is 22.2. The molecule has 9 heteroatoms. The Kier molecular flexibility index (Phi) is 8.57. The minimum Gasteiger partial charge on any atom is -0.490 e. The zero-order valence-electron chi connectivity index (χ0n) is 21.5. The van der Waals surface area contributed by atoms with E-state index >= 15 is 0 Å². The Balaban J connectivity index is 1.31. The summed E-state index contributed by atoms with van der Waals surface area (Å²) in [6.07, 6.45) is 3.92. The number of carbonyl (C=O) groups is 2. The lowest BCUT2D eigenvalue weighted by Gasteiger charge is -2.35. The summed E-state index contributed by atoms with van der Waals surface area (Å²) in [4.78, 5) is 34.1. The average molecular weight is 517 g/mol. The van der Waals surface area contributed by atoms with Crippen LogP contribution in [0, 0.1) is 6.92 Å². The van der Waals surface area contributed by atoms with Gasteiger partial charge in [0.2, 0.25) is 5.91 Å². The van der Waals surface area contributed by atoms with Gasteiger partial charge in [0.25, 0.3) is 5.91 Å². The molecule has 3 fully saturated rings. The van der Waals surface area contributed by atoms with Gasteiger partial charge in [0.15, 0.2) is 0 Å². The van der Waals surface area contributed by atoms with Crippen molar-refractivity contribution in [3.63, 3.8) is 0 Å². The molecule has 8 nitrogen and oxygen atoms in total. The summed E-state index contributed by atoms with van der Waals surface area (Å²) in [5.41, 5.74) is 9.19. The molecule has 1 saturated carbocycles. The van der Waals surface area contributed by atoms with Crippen molar-refractivity contribution in [2.75, 3.05) is 32.7 Å². The molecule has 2 amide bonds. The van der Waals surface area contributed by atoms with Crippen molar-refractivity contribution in [2.45, 2.75) is 71.2 Å². The highest BCUT2D eigenvalue weighted by Gasteiger charge is 2.30. The first-order valence-corrected chi connectivity index (χ1v) is 13.3. The Hall–Kier alpha value is -2.58. The molecular weight excluding hydrogens is 480 g/mol.